The second-order valence-electron chi connectivity index (χ2n) is 6.74. The number of rotatable bonds is 6. The van der Waals surface area contributed by atoms with Crippen molar-refractivity contribution in [1.82, 2.24) is 5.43 Å². The van der Waals surface area contributed by atoms with Crippen molar-refractivity contribution < 1.29 is 9.53 Å². The molecule has 0 unspecified atom stereocenters. The summed E-state index contributed by atoms with van der Waals surface area (Å²) in [6.45, 7) is 4.01. The third-order valence-corrected chi connectivity index (χ3v) is 4.83. The fourth-order valence-corrected chi connectivity index (χ4v) is 3.13. The second-order valence-corrected chi connectivity index (χ2v) is 6.74. The molecule has 4 heteroatoms. The van der Waals surface area contributed by atoms with E-state index < -0.39 is 0 Å². The zero-order valence-electron chi connectivity index (χ0n) is 15.5. The number of ether oxygens (including phenoxy) is 1. The first kappa shape index (κ1) is 18.2. The molecule has 0 saturated heterocycles. The summed E-state index contributed by atoms with van der Waals surface area (Å²) < 4.78 is 5.93. The van der Waals surface area contributed by atoms with Crippen LogP contribution in [0.4, 0.5) is 0 Å². The molecule has 26 heavy (non-hydrogen) atoms. The van der Waals surface area contributed by atoms with Gasteiger partial charge in [-0.25, -0.2) is 5.43 Å². The van der Waals surface area contributed by atoms with Crippen LogP contribution in [0.2, 0.25) is 0 Å². The van der Waals surface area contributed by atoms with Gasteiger partial charge in [-0.1, -0.05) is 31.2 Å². The van der Waals surface area contributed by atoms with E-state index in [0.717, 1.165) is 36.3 Å². The smallest absolute Gasteiger partial charge is 0.271 e. The number of benzene rings is 2. The summed E-state index contributed by atoms with van der Waals surface area (Å²) in [7, 11) is 0. The van der Waals surface area contributed by atoms with Crippen molar-refractivity contribution >= 4 is 11.6 Å². The van der Waals surface area contributed by atoms with Gasteiger partial charge in [0.25, 0.3) is 5.91 Å². The Bertz CT molecular complexity index is 758. The van der Waals surface area contributed by atoms with Crippen LogP contribution in [-0.4, -0.2) is 17.7 Å². The molecule has 4 nitrogen and oxygen atoms in total. The first-order valence-corrected chi connectivity index (χ1v) is 9.36. The molecule has 1 N–H and O–H groups in total. The van der Waals surface area contributed by atoms with E-state index in [9.17, 15) is 4.79 Å². The Morgan fingerprint density at radius 2 is 1.65 bits per heavy atom. The van der Waals surface area contributed by atoms with Gasteiger partial charge in [-0.15, -0.1) is 0 Å². The van der Waals surface area contributed by atoms with Crippen molar-refractivity contribution in [3.05, 3.63) is 65.2 Å². The van der Waals surface area contributed by atoms with Gasteiger partial charge < -0.3 is 4.74 Å². The molecule has 136 valence electrons. The lowest BCUT2D eigenvalue weighted by Crippen LogP contribution is -2.19. The van der Waals surface area contributed by atoms with Gasteiger partial charge in [-0.2, -0.15) is 5.10 Å². The molecule has 1 aliphatic carbocycles. The van der Waals surface area contributed by atoms with Crippen LogP contribution in [0.5, 0.6) is 5.75 Å². The summed E-state index contributed by atoms with van der Waals surface area (Å²) in [5, 5.41) is 4.22. The Labute approximate surface area is 155 Å². The zero-order valence-corrected chi connectivity index (χ0v) is 15.5. The van der Waals surface area contributed by atoms with Gasteiger partial charge in [0, 0.05) is 5.56 Å². The Hall–Kier alpha value is -2.62. The lowest BCUT2D eigenvalue weighted by molar-refractivity contribution is 0.0955. The third kappa shape index (κ3) is 4.72. The predicted molar refractivity (Wildman–Crippen MR) is 105 cm³/mol. The molecule has 0 spiro atoms. The maximum atomic E-state index is 12.3. The number of carbonyl (C=O) groups excluding carboxylic acids is 1. The van der Waals surface area contributed by atoms with Crippen LogP contribution in [-0.2, 0) is 6.42 Å². The van der Waals surface area contributed by atoms with E-state index in [1.54, 1.807) is 12.1 Å². The molecule has 0 heterocycles. The number of nitrogens with zero attached hydrogens (tertiary/aromatic N) is 1. The number of carbonyl (C=O) groups is 1. The summed E-state index contributed by atoms with van der Waals surface area (Å²) in [5.74, 6) is 0.603. The molecule has 2 aromatic carbocycles. The van der Waals surface area contributed by atoms with E-state index in [1.807, 2.05) is 31.2 Å². The van der Waals surface area contributed by atoms with Crippen LogP contribution in [0.3, 0.4) is 0 Å². The minimum absolute atomic E-state index is 0.220. The highest BCUT2D eigenvalue weighted by molar-refractivity contribution is 6.00. The van der Waals surface area contributed by atoms with E-state index in [2.05, 4.69) is 29.6 Å². The molecule has 3 rings (SSSR count). The lowest BCUT2D eigenvalue weighted by atomic mass is 10.1. The predicted octanol–water partition coefficient (Wildman–Crippen LogP) is 4.72. The third-order valence-electron chi connectivity index (χ3n) is 4.83. The van der Waals surface area contributed by atoms with Gasteiger partial charge in [0.1, 0.15) is 5.75 Å². The Morgan fingerprint density at radius 1 is 1.04 bits per heavy atom. The monoisotopic (exact) mass is 350 g/mol. The molecule has 0 radical (unpaired) electrons. The highest BCUT2D eigenvalue weighted by Gasteiger charge is 2.16. The normalized spacial score (nSPS) is 15.1. The van der Waals surface area contributed by atoms with Gasteiger partial charge in [-0.05, 0) is 74.4 Å². The van der Waals surface area contributed by atoms with Crippen molar-refractivity contribution in [1.29, 1.82) is 0 Å². The van der Waals surface area contributed by atoms with Crippen LogP contribution < -0.4 is 10.2 Å². The highest BCUT2D eigenvalue weighted by Crippen LogP contribution is 2.24. The van der Waals surface area contributed by atoms with Crippen LogP contribution in [0.25, 0.3) is 0 Å². The van der Waals surface area contributed by atoms with Crippen molar-refractivity contribution in [3.8, 4) is 5.75 Å². The van der Waals surface area contributed by atoms with E-state index in [0.29, 0.717) is 11.7 Å². The maximum absolute atomic E-state index is 12.3. The Balaban J connectivity index is 1.58. The Morgan fingerprint density at radius 3 is 2.27 bits per heavy atom. The Kier molecular flexibility index (Phi) is 6.05. The molecule has 1 fully saturated rings. The molecule has 1 saturated carbocycles. The SMILES string of the molecule is CCc1ccc(C(C)=NNC(=O)c2ccc(OC3CCCC3)cc2)cc1. The highest BCUT2D eigenvalue weighted by atomic mass is 16.5. The van der Waals surface area contributed by atoms with Gasteiger partial charge in [0.15, 0.2) is 0 Å². The van der Waals surface area contributed by atoms with Gasteiger partial charge >= 0.3 is 0 Å². The lowest BCUT2D eigenvalue weighted by Gasteiger charge is -2.13. The van der Waals surface area contributed by atoms with Crippen molar-refractivity contribution in [2.24, 2.45) is 5.10 Å². The molecule has 0 bridgehead atoms. The molecule has 1 aliphatic rings. The topological polar surface area (TPSA) is 50.7 Å². The number of aryl methyl sites for hydroxylation is 1. The van der Waals surface area contributed by atoms with Gasteiger partial charge in [0.05, 0.1) is 11.8 Å². The van der Waals surface area contributed by atoms with Crippen LogP contribution in [0, 0.1) is 0 Å². The first-order valence-electron chi connectivity index (χ1n) is 9.36. The average Bonchev–Trinajstić information content (AvgIpc) is 3.19. The number of hydrazone groups is 1. The molecule has 0 aromatic heterocycles. The fraction of sp³-hybridized carbons (Fsp3) is 0.364. The molecular formula is C22H26N2O2. The van der Waals surface area contributed by atoms with E-state index in [-0.39, 0.29) is 5.91 Å². The van der Waals surface area contributed by atoms with E-state index in [1.165, 1.54) is 18.4 Å². The minimum Gasteiger partial charge on any atom is -0.490 e. The first-order chi connectivity index (χ1) is 12.7. The van der Waals surface area contributed by atoms with Crippen LogP contribution in [0.1, 0.15) is 61.0 Å². The maximum Gasteiger partial charge on any atom is 0.271 e. The quantitative estimate of drug-likeness (QED) is 0.605. The standard InChI is InChI=1S/C22H26N2O2/c1-3-17-8-10-18(11-9-17)16(2)23-24-22(25)19-12-14-21(15-13-19)26-20-6-4-5-7-20/h8-15,20H,3-7H2,1-2H3,(H,24,25). The minimum atomic E-state index is -0.220. The van der Waals surface area contributed by atoms with E-state index >= 15 is 0 Å². The number of amides is 1. The largest absolute Gasteiger partial charge is 0.490 e. The van der Waals surface area contributed by atoms with Crippen LogP contribution in [0.15, 0.2) is 53.6 Å². The summed E-state index contributed by atoms with van der Waals surface area (Å²) >= 11 is 0. The molecule has 1 amide bonds. The second kappa shape index (κ2) is 8.65. The fourth-order valence-electron chi connectivity index (χ4n) is 3.13. The summed E-state index contributed by atoms with van der Waals surface area (Å²) in [6.07, 6.45) is 6.05. The van der Waals surface area contributed by atoms with Crippen molar-refractivity contribution in [2.75, 3.05) is 0 Å². The molecular weight excluding hydrogens is 324 g/mol. The van der Waals surface area contributed by atoms with Crippen molar-refractivity contribution in [2.45, 2.75) is 52.1 Å². The van der Waals surface area contributed by atoms with Crippen molar-refractivity contribution in [3.63, 3.8) is 0 Å². The summed E-state index contributed by atoms with van der Waals surface area (Å²) in [4.78, 5) is 12.3. The zero-order chi connectivity index (χ0) is 18.4. The van der Waals surface area contributed by atoms with Gasteiger partial charge in [-0.3, -0.25) is 4.79 Å². The van der Waals surface area contributed by atoms with Crippen LogP contribution >= 0.6 is 0 Å². The number of nitrogens with one attached hydrogen (secondary N) is 1. The average molecular weight is 350 g/mol. The molecule has 0 aliphatic heterocycles. The molecule has 0 atom stereocenters. The summed E-state index contributed by atoms with van der Waals surface area (Å²) in [5.41, 5.74) is 6.26. The summed E-state index contributed by atoms with van der Waals surface area (Å²) in [6, 6.07) is 15.5. The molecule has 2 aromatic rings. The van der Waals surface area contributed by atoms with Gasteiger partial charge in [0.2, 0.25) is 0 Å². The number of hydrogen-bond acceptors (Lipinski definition) is 3. The number of hydrogen-bond donors (Lipinski definition) is 1. The van der Waals surface area contributed by atoms with E-state index in [4.69, 9.17) is 4.74 Å².